The monoisotopic (exact) mass is 482 g/mol. The molecule has 0 aliphatic carbocycles. The molecule has 13 heteroatoms. The standard InChI is InChI=1S/C19H26N6O5S2/c1-29-15-4-6-17(7-5-15)32(27,28)24-10-8-23(9-11-24)18(26)14-31-19-20-21-22-25(19)13-16-3-2-12-30-16/h4-7,16H,2-3,8-14H2,1H3/t16-/m1/s1. The number of hydrogen-bond donors (Lipinski definition) is 0. The van der Waals surface area contributed by atoms with E-state index in [0.29, 0.717) is 30.5 Å². The van der Waals surface area contributed by atoms with Crippen LogP contribution in [0.25, 0.3) is 0 Å². The first-order valence-electron chi connectivity index (χ1n) is 10.4. The van der Waals surface area contributed by atoms with Crippen molar-refractivity contribution in [2.45, 2.75) is 35.5 Å². The van der Waals surface area contributed by atoms with Crippen molar-refractivity contribution in [2.24, 2.45) is 0 Å². The number of carbonyl (C=O) groups is 1. The minimum absolute atomic E-state index is 0.0665. The molecule has 32 heavy (non-hydrogen) atoms. The maximum Gasteiger partial charge on any atom is 0.243 e. The van der Waals surface area contributed by atoms with Gasteiger partial charge >= 0.3 is 0 Å². The third-order valence-corrected chi connectivity index (χ3v) is 8.37. The molecule has 0 bridgehead atoms. The number of piperazine rings is 1. The number of ether oxygens (including phenoxy) is 2. The fraction of sp³-hybridized carbons (Fsp3) is 0.579. The van der Waals surface area contributed by atoms with Crippen LogP contribution in [0.2, 0.25) is 0 Å². The molecule has 1 aromatic carbocycles. The van der Waals surface area contributed by atoms with E-state index in [1.165, 1.54) is 35.3 Å². The van der Waals surface area contributed by atoms with Gasteiger partial charge in [-0.3, -0.25) is 4.79 Å². The molecule has 11 nitrogen and oxygen atoms in total. The van der Waals surface area contributed by atoms with Crippen molar-refractivity contribution in [2.75, 3.05) is 45.6 Å². The predicted molar refractivity (Wildman–Crippen MR) is 116 cm³/mol. The zero-order chi connectivity index (χ0) is 22.6. The average molecular weight is 483 g/mol. The van der Waals surface area contributed by atoms with Crippen LogP contribution in [0.15, 0.2) is 34.3 Å². The Hall–Kier alpha value is -2.22. The molecule has 0 N–H and O–H groups in total. The highest BCUT2D eigenvalue weighted by atomic mass is 32.2. The SMILES string of the molecule is COc1ccc(S(=O)(=O)N2CCN(C(=O)CSc3nnnn3C[C@H]3CCCO3)CC2)cc1. The number of thioether (sulfide) groups is 1. The van der Waals surface area contributed by atoms with Crippen LogP contribution in [-0.2, 0) is 26.1 Å². The second kappa shape index (κ2) is 10.1. The Kier molecular flexibility index (Phi) is 7.28. The Bertz CT molecular complexity index is 1020. The lowest BCUT2D eigenvalue weighted by Gasteiger charge is -2.34. The summed E-state index contributed by atoms with van der Waals surface area (Å²) < 4.78 is 39.5. The van der Waals surface area contributed by atoms with E-state index in [1.807, 2.05) is 0 Å². The van der Waals surface area contributed by atoms with Crippen molar-refractivity contribution in [3.05, 3.63) is 24.3 Å². The number of aromatic nitrogens is 4. The number of rotatable bonds is 8. The number of tetrazole rings is 1. The summed E-state index contributed by atoms with van der Waals surface area (Å²) in [5.74, 6) is 0.721. The van der Waals surface area contributed by atoms with Crippen LogP contribution in [0.4, 0.5) is 0 Å². The van der Waals surface area contributed by atoms with E-state index in [-0.39, 0.29) is 35.7 Å². The molecule has 2 aliphatic rings. The number of carbonyl (C=O) groups excluding carboxylic acids is 1. The van der Waals surface area contributed by atoms with E-state index in [0.717, 1.165) is 19.4 Å². The highest BCUT2D eigenvalue weighted by Gasteiger charge is 2.30. The van der Waals surface area contributed by atoms with E-state index in [1.54, 1.807) is 21.7 Å². The lowest BCUT2D eigenvalue weighted by atomic mass is 10.2. The molecule has 2 fully saturated rings. The minimum Gasteiger partial charge on any atom is -0.497 e. The zero-order valence-electron chi connectivity index (χ0n) is 17.8. The maximum absolute atomic E-state index is 12.9. The summed E-state index contributed by atoms with van der Waals surface area (Å²) in [6.45, 7) is 2.52. The number of sulfonamides is 1. The molecule has 2 aliphatic heterocycles. The van der Waals surface area contributed by atoms with Crippen LogP contribution in [0, 0.1) is 0 Å². The van der Waals surface area contributed by atoms with Crippen LogP contribution in [-0.4, -0.2) is 95.5 Å². The normalized spacial score (nSPS) is 19.9. The highest BCUT2D eigenvalue weighted by molar-refractivity contribution is 7.99. The van der Waals surface area contributed by atoms with Gasteiger partial charge < -0.3 is 14.4 Å². The van der Waals surface area contributed by atoms with Crippen molar-refractivity contribution in [1.29, 1.82) is 0 Å². The van der Waals surface area contributed by atoms with Gasteiger partial charge in [0.25, 0.3) is 0 Å². The molecule has 0 saturated carbocycles. The first-order valence-corrected chi connectivity index (χ1v) is 12.8. The van der Waals surface area contributed by atoms with Crippen LogP contribution in [0.3, 0.4) is 0 Å². The summed E-state index contributed by atoms with van der Waals surface area (Å²) in [5, 5.41) is 12.3. The minimum atomic E-state index is -3.61. The third kappa shape index (κ3) is 5.22. The Morgan fingerprint density at radius 1 is 1.22 bits per heavy atom. The number of methoxy groups -OCH3 is 1. The van der Waals surface area contributed by atoms with Gasteiger partial charge in [0.1, 0.15) is 5.75 Å². The quantitative estimate of drug-likeness (QED) is 0.495. The molecular weight excluding hydrogens is 456 g/mol. The molecule has 4 rings (SSSR count). The molecule has 2 saturated heterocycles. The number of benzene rings is 1. The van der Waals surface area contributed by atoms with Gasteiger partial charge in [-0.15, -0.1) is 5.10 Å². The topological polar surface area (TPSA) is 120 Å². The third-order valence-electron chi connectivity index (χ3n) is 5.51. The molecule has 1 aromatic heterocycles. The first-order chi connectivity index (χ1) is 15.5. The molecule has 1 atom stereocenters. The van der Waals surface area contributed by atoms with E-state index in [4.69, 9.17) is 9.47 Å². The Balaban J connectivity index is 1.28. The number of amides is 1. The van der Waals surface area contributed by atoms with E-state index >= 15 is 0 Å². The Morgan fingerprint density at radius 2 is 1.97 bits per heavy atom. The first kappa shape index (κ1) is 23.0. The van der Waals surface area contributed by atoms with Gasteiger partial charge in [-0.2, -0.15) is 4.31 Å². The van der Waals surface area contributed by atoms with Crippen LogP contribution in [0.1, 0.15) is 12.8 Å². The van der Waals surface area contributed by atoms with Crippen molar-refractivity contribution < 1.29 is 22.7 Å². The van der Waals surface area contributed by atoms with Gasteiger partial charge in [0.15, 0.2) is 0 Å². The van der Waals surface area contributed by atoms with Crippen LogP contribution < -0.4 is 4.74 Å². The summed E-state index contributed by atoms with van der Waals surface area (Å²) in [6, 6.07) is 6.30. The van der Waals surface area contributed by atoms with Crippen molar-refractivity contribution in [3.8, 4) is 5.75 Å². The van der Waals surface area contributed by atoms with Crippen LogP contribution >= 0.6 is 11.8 Å². The smallest absolute Gasteiger partial charge is 0.243 e. The molecule has 0 spiro atoms. The molecule has 3 heterocycles. The summed E-state index contributed by atoms with van der Waals surface area (Å²) >= 11 is 1.28. The number of nitrogens with zero attached hydrogens (tertiary/aromatic N) is 6. The van der Waals surface area contributed by atoms with Crippen molar-refractivity contribution >= 4 is 27.7 Å². The fourth-order valence-corrected chi connectivity index (χ4v) is 5.90. The second-order valence-corrected chi connectivity index (χ2v) is 10.4. The fourth-order valence-electron chi connectivity index (χ4n) is 3.69. The van der Waals surface area contributed by atoms with Crippen molar-refractivity contribution in [1.82, 2.24) is 29.4 Å². The average Bonchev–Trinajstić information content (AvgIpc) is 3.50. The predicted octanol–water partition coefficient (Wildman–Crippen LogP) is 0.486. The van der Waals surface area contributed by atoms with E-state index in [2.05, 4.69) is 15.5 Å². The second-order valence-electron chi connectivity index (χ2n) is 7.53. The summed E-state index contributed by atoms with van der Waals surface area (Å²) in [5.41, 5.74) is 0. The lowest BCUT2D eigenvalue weighted by molar-refractivity contribution is -0.129. The van der Waals surface area contributed by atoms with Gasteiger partial charge in [0.2, 0.25) is 21.1 Å². The lowest BCUT2D eigenvalue weighted by Crippen LogP contribution is -2.50. The largest absolute Gasteiger partial charge is 0.497 e. The molecule has 1 amide bonds. The number of hydrogen-bond acceptors (Lipinski definition) is 9. The van der Waals surface area contributed by atoms with Gasteiger partial charge in [-0.25, -0.2) is 13.1 Å². The van der Waals surface area contributed by atoms with Gasteiger partial charge in [-0.1, -0.05) is 11.8 Å². The van der Waals surface area contributed by atoms with Gasteiger partial charge in [0.05, 0.1) is 30.4 Å². The molecular formula is C19H26N6O5S2. The zero-order valence-corrected chi connectivity index (χ0v) is 19.4. The molecule has 2 aromatic rings. The molecule has 0 radical (unpaired) electrons. The molecule has 0 unspecified atom stereocenters. The van der Waals surface area contributed by atoms with Crippen LogP contribution in [0.5, 0.6) is 5.75 Å². The van der Waals surface area contributed by atoms with Gasteiger partial charge in [-0.05, 0) is 47.5 Å². The summed E-state index contributed by atoms with van der Waals surface area (Å²) in [4.78, 5) is 14.6. The van der Waals surface area contributed by atoms with E-state index < -0.39 is 10.0 Å². The Morgan fingerprint density at radius 3 is 2.62 bits per heavy atom. The molecule has 174 valence electrons. The Labute approximate surface area is 191 Å². The summed E-state index contributed by atoms with van der Waals surface area (Å²) in [7, 11) is -2.08. The van der Waals surface area contributed by atoms with Gasteiger partial charge in [0, 0.05) is 32.8 Å². The maximum atomic E-state index is 12.9. The highest BCUT2D eigenvalue weighted by Crippen LogP contribution is 2.22. The summed E-state index contributed by atoms with van der Waals surface area (Å²) in [6.07, 6.45) is 2.12. The van der Waals surface area contributed by atoms with E-state index in [9.17, 15) is 13.2 Å². The van der Waals surface area contributed by atoms with Crippen molar-refractivity contribution in [3.63, 3.8) is 0 Å².